The Morgan fingerprint density at radius 1 is 1.50 bits per heavy atom. The van der Waals surface area contributed by atoms with Crippen LogP contribution in [0.4, 0.5) is 0 Å². The summed E-state index contributed by atoms with van der Waals surface area (Å²) in [5.41, 5.74) is -0.856. The molecule has 1 heterocycles. The third kappa shape index (κ3) is 1.79. The second-order valence-electron chi connectivity index (χ2n) is 3.58. The second kappa shape index (κ2) is 2.98. The van der Waals surface area contributed by atoms with Crippen LogP contribution in [0, 0.1) is 0 Å². The number of ether oxygens (including phenoxy) is 2. The lowest BCUT2D eigenvalue weighted by Crippen LogP contribution is -2.40. The van der Waals surface area contributed by atoms with Crippen LogP contribution in [0.1, 0.15) is 20.8 Å². The summed E-state index contributed by atoms with van der Waals surface area (Å²) in [6.45, 7) is 5.54. The molecule has 0 spiro atoms. The zero-order valence-electron chi connectivity index (χ0n) is 7.52. The molecule has 1 aliphatic heterocycles. The number of carbonyl (C=O) groups is 1. The fraction of sp³-hybridized carbons (Fsp3) is 0.875. The van der Waals surface area contributed by atoms with E-state index in [0.717, 1.165) is 0 Å². The van der Waals surface area contributed by atoms with E-state index in [2.05, 4.69) is 0 Å². The average molecular weight is 193 g/mol. The van der Waals surface area contributed by atoms with Crippen molar-refractivity contribution in [3.05, 3.63) is 0 Å². The number of rotatable bonds is 2. The van der Waals surface area contributed by atoms with E-state index < -0.39 is 11.4 Å². The Morgan fingerprint density at radius 2 is 2.08 bits per heavy atom. The van der Waals surface area contributed by atoms with Crippen molar-refractivity contribution < 1.29 is 14.3 Å². The van der Waals surface area contributed by atoms with E-state index in [0.29, 0.717) is 0 Å². The highest BCUT2D eigenvalue weighted by Crippen LogP contribution is 2.31. The smallest absolute Gasteiger partial charge is 0.181 e. The van der Waals surface area contributed by atoms with Gasteiger partial charge in [0, 0.05) is 0 Å². The Hall–Kier alpha value is -0.120. The minimum atomic E-state index is -0.856. The molecule has 0 aromatic carbocycles. The quantitative estimate of drug-likeness (QED) is 0.620. The van der Waals surface area contributed by atoms with Crippen LogP contribution in [0.25, 0.3) is 0 Å². The molecule has 0 unspecified atom stereocenters. The normalized spacial score (nSPS) is 33.7. The molecule has 1 aliphatic rings. The minimum absolute atomic E-state index is 0.0318. The molecular formula is C8H13ClO3. The van der Waals surface area contributed by atoms with Gasteiger partial charge in [0.05, 0.1) is 12.5 Å². The number of ketones is 1. The van der Waals surface area contributed by atoms with Crippen LogP contribution in [-0.2, 0) is 14.3 Å². The van der Waals surface area contributed by atoms with E-state index in [-0.39, 0.29) is 18.3 Å². The summed E-state index contributed by atoms with van der Waals surface area (Å²) in [7, 11) is 0. The van der Waals surface area contributed by atoms with E-state index >= 15 is 0 Å². The van der Waals surface area contributed by atoms with Gasteiger partial charge in [0.25, 0.3) is 0 Å². The topological polar surface area (TPSA) is 35.5 Å². The molecule has 0 saturated carbocycles. The van der Waals surface area contributed by atoms with Crippen molar-refractivity contribution in [3.63, 3.8) is 0 Å². The van der Waals surface area contributed by atoms with Gasteiger partial charge in [-0.2, -0.15) is 0 Å². The van der Waals surface area contributed by atoms with Gasteiger partial charge in [-0.15, -0.1) is 11.6 Å². The van der Waals surface area contributed by atoms with Gasteiger partial charge in [-0.3, -0.25) is 4.79 Å². The zero-order chi connectivity index (χ0) is 9.41. The van der Waals surface area contributed by atoms with Gasteiger partial charge in [0.15, 0.2) is 17.2 Å². The number of carbonyl (C=O) groups excluding carboxylic acids is 1. The van der Waals surface area contributed by atoms with Gasteiger partial charge in [-0.1, -0.05) is 0 Å². The standard InChI is InChI=1S/C8H13ClO3/c1-7(2)11-5-8(3,12-7)6(10)4-9/h4-5H2,1-3H3/t8-/m0/s1. The van der Waals surface area contributed by atoms with Crippen molar-refractivity contribution in [2.24, 2.45) is 0 Å². The number of hydrogen-bond acceptors (Lipinski definition) is 3. The lowest BCUT2D eigenvalue weighted by Gasteiger charge is -2.22. The minimum Gasteiger partial charge on any atom is -0.347 e. The fourth-order valence-corrected chi connectivity index (χ4v) is 1.47. The van der Waals surface area contributed by atoms with Crippen molar-refractivity contribution in [1.29, 1.82) is 0 Å². The maximum atomic E-state index is 11.3. The van der Waals surface area contributed by atoms with Crippen LogP contribution in [0.5, 0.6) is 0 Å². The summed E-state index contributed by atoms with van der Waals surface area (Å²) in [6, 6.07) is 0. The van der Waals surface area contributed by atoms with E-state index in [4.69, 9.17) is 21.1 Å². The molecule has 1 fully saturated rings. The van der Waals surface area contributed by atoms with Crippen LogP contribution in [0.3, 0.4) is 0 Å². The number of hydrogen-bond donors (Lipinski definition) is 0. The summed E-state index contributed by atoms with van der Waals surface area (Å²) < 4.78 is 10.7. The Labute approximate surface area is 77.0 Å². The van der Waals surface area contributed by atoms with Crippen LogP contribution in [0.15, 0.2) is 0 Å². The van der Waals surface area contributed by atoms with Crippen molar-refractivity contribution in [3.8, 4) is 0 Å². The van der Waals surface area contributed by atoms with Gasteiger partial charge in [-0.25, -0.2) is 0 Å². The first-order valence-corrected chi connectivity index (χ1v) is 4.36. The lowest BCUT2D eigenvalue weighted by atomic mass is 10.0. The maximum absolute atomic E-state index is 11.3. The molecular weight excluding hydrogens is 180 g/mol. The van der Waals surface area contributed by atoms with Crippen LogP contribution >= 0.6 is 11.6 Å². The van der Waals surface area contributed by atoms with Gasteiger partial charge in [0.1, 0.15) is 0 Å². The Bertz CT molecular complexity index is 202. The highest BCUT2D eigenvalue weighted by atomic mass is 35.5. The number of alkyl halides is 1. The third-order valence-electron chi connectivity index (χ3n) is 1.88. The summed E-state index contributed by atoms with van der Waals surface area (Å²) in [5, 5.41) is 0. The van der Waals surface area contributed by atoms with E-state index in [1.807, 2.05) is 0 Å². The van der Waals surface area contributed by atoms with Crippen LogP contribution in [-0.4, -0.2) is 29.7 Å². The predicted octanol–water partition coefficient (Wildman–Crippen LogP) is 1.34. The van der Waals surface area contributed by atoms with Crippen molar-refractivity contribution in [2.75, 3.05) is 12.5 Å². The van der Waals surface area contributed by atoms with Gasteiger partial charge >= 0.3 is 0 Å². The van der Waals surface area contributed by atoms with E-state index in [1.54, 1.807) is 20.8 Å². The van der Waals surface area contributed by atoms with Crippen LogP contribution in [0.2, 0.25) is 0 Å². The first-order valence-electron chi connectivity index (χ1n) is 3.83. The molecule has 1 saturated heterocycles. The molecule has 0 N–H and O–H groups in total. The highest BCUT2D eigenvalue weighted by molar-refractivity contribution is 6.28. The Balaban J connectivity index is 2.71. The molecule has 0 aromatic rings. The zero-order valence-corrected chi connectivity index (χ0v) is 8.27. The Morgan fingerprint density at radius 3 is 2.42 bits per heavy atom. The molecule has 0 amide bonds. The lowest BCUT2D eigenvalue weighted by molar-refractivity contribution is -0.167. The molecule has 0 radical (unpaired) electrons. The van der Waals surface area contributed by atoms with Crippen molar-refractivity contribution in [2.45, 2.75) is 32.2 Å². The molecule has 0 aromatic heterocycles. The molecule has 0 bridgehead atoms. The summed E-state index contributed by atoms with van der Waals surface area (Å²) in [5.74, 6) is -0.832. The Kier molecular flexibility index (Phi) is 2.47. The maximum Gasteiger partial charge on any atom is 0.181 e. The monoisotopic (exact) mass is 192 g/mol. The summed E-state index contributed by atoms with van der Waals surface area (Å²) in [4.78, 5) is 11.3. The van der Waals surface area contributed by atoms with Crippen LogP contribution < -0.4 is 0 Å². The molecule has 3 nitrogen and oxygen atoms in total. The first-order chi connectivity index (χ1) is 5.40. The summed E-state index contributed by atoms with van der Waals surface area (Å²) >= 11 is 5.43. The third-order valence-corrected chi connectivity index (χ3v) is 2.12. The second-order valence-corrected chi connectivity index (χ2v) is 3.85. The largest absolute Gasteiger partial charge is 0.347 e. The average Bonchev–Trinajstić information content (AvgIpc) is 2.25. The summed E-state index contributed by atoms with van der Waals surface area (Å²) in [6.07, 6.45) is 0. The van der Waals surface area contributed by atoms with Gasteiger partial charge in [0.2, 0.25) is 0 Å². The first kappa shape index (κ1) is 9.96. The number of Topliss-reactive ketones (excluding diaryl/α,β-unsaturated/α-hetero) is 1. The fourth-order valence-electron chi connectivity index (χ4n) is 1.19. The molecule has 12 heavy (non-hydrogen) atoms. The molecule has 70 valence electrons. The van der Waals surface area contributed by atoms with Gasteiger partial charge < -0.3 is 9.47 Å². The molecule has 0 aliphatic carbocycles. The van der Waals surface area contributed by atoms with E-state index in [1.165, 1.54) is 0 Å². The van der Waals surface area contributed by atoms with Gasteiger partial charge in [-0.05, 0) is 20.8 Å². The van der Waals surface area contributed by atoms with E-state index in [9.17, 15) is 4.79 Å². The van der Waals surface area contributed by atoms with Crippen molar-refractivity contribution >= 4 is 17.4 Å². The van der Waals surface area contributed by atoms with Crippen molar-refractivity contribution in [1.82, 2.24) is 0 Å². The number of halogens is 1. The molecule has 4 heteroatoms. The SMILES string of the molecule is CC1(C)OC[C@@](C)(C(=O)CCl)O1. The highest BCUT2D eigenvalue weighted by Gasteiger charge is 2.46. The molecule has 1 rings (SSSR count). The molecule has 1 atom stereocenters. The predicted molar refractivity (Wildman–Crippen MR) is 45.2 cm³/mol.